The first-order valence-electron chi connectivity index (χ1n) is 5.24. The maximum Gasteiger partial charge on any atom is 0.225 e. The van der Waals surface area contributed by atoms with Gasteiger partial charge in [-0.15, -0.1) is 0 Å². The third-order valence-electron chi connectivity index (χ3n) is 2.92. The highest BCUT2D eigenvalue weighted by Gasteiger charge is 2.33. The molecule has 1 unspecified atom stereocenters. The molecule has 0 radical (unpaired) electrons. The van der Waals surface area contributed by atoms with Gasteiger partial charge in [0.1, 0.15) is 6.23 Å². The van der Waals surface area contributed by atoms with E-state index >= 15 is 0 Å². The lowest BCUT2D eigenvalue weighted by molar-refractivity contribution is -0.136. The normalized spacial score (nSPS) is 23.2. The van der Waals surface area contributed by atoms with Crippen LogP contribution in [0.3, 0.4) is 0 Å². The number of carbonyl (C=O) groups excluding carboxylic acids is 1. The highest BCUT2D eigenvalue weighted by molar-refractivity contribution is 5.78. The zero-order chi connectivity index (χ0) is 10.8. The highest BCUT2D eigenvalue weighted by Crippen LogP contribution is 2.28. The molecule has 3 heteroatoms. The van der Waals surface area contributed by atoms with Crippen LogP contribution in [0.1, 0.15) is 31.4 Å². The van der Waals surface area contributed by atoms with Gasteiger partial charge in [0.25, 0.3) is 0 Å². The van der Waals surface area contributed by atoms with E-state index in [9.17, 15) is 9.90 Å². The fraction of sp³-hybridized carbons (Fsp3) is 0.417. The topological polar surface area (TPSA) is 40.5 Å². The molecule has 0 saturated carbocycles. The summed E-state index contributed by atoms with van der Waals surface area (Å²) in [6, 6.07) is 9.73. The lowest BCUT2D eigenvalue weighted by atomic mass is 10.1. The van der Waals surface area contributed by atoms with Gasteiger partial charge < -0.3 is 10.0 Å². The molecule has 3 nitrogen and oxygen atoms in total. The van der Waals surface area contributed by atoms with Gasteiger partial charge in [-0.3, -0.25) is 4.79 Å². The van der Waals surface area contributed by atoms with Crippen LogP contribution >= 0.6 is 0 Å². The molecule has 0 spiro atoms. The second-order valence-corrected chi connectivity index (χ2v) is 3.91. The average molecular weight is 205 g/mol. The number of hydrogen-bond donors (Lipinski definition) is 1. The van der Waals surface area contributed by atoms with E-state index in [0.717, 1.165) is 5.56 Å². The quantitative estimate of drug-likeness (QED) is 0.798. The molecular formula is C12H15NO2. The summed E-state index contributed by atoms with van der Waals surface area (Å²) in [5.74, 6) is 0.0406. The van der Waals surface area contributed by atoms with E-state index in [2.05, 4.69) is 0 Å². The van der Waals surface area contributed by atoms with E-state index in [-0.39, 0.29) is 11.9 Å². The molecule has 1 aromatic rings. The van der Waals surface area contributed by atoms with Crippen molar-refractivity contribution >= 4 is 5.91 Å². The maximum absolute atomic E-state index is 11.6. The minimum Gasteiger partial charge on any atom is -0.373 e. The monoisotopic (exact) mass is 205 g/mol. The van der Waals surface area contributed by atoms with Gasteiger partial charge in [-0.1, -0.05) is 30.3 Å². The van der Waals surface area contributed by atoms with Gasteiger partial charge in [0.2, 0.25) is 5.91 Å². The first-order chi connectivity index (χ1) is 7.20. The summed E-state index contributed by atoms with van der Waals surface area (Å²) >= 11 is 0. The zero-order valence-electron chi connectivity index (χ0n) is 8.76. The Morgan fingerprint density at radius 1 is 1.40 bits per heavy atom. The molecular weight excluding hydrogens is 190 g/mol. The minimum atomic E-state index is -0.618. The van der Waals surface area contributed by atoms with Gasteiger partial charge in [-0.05, 0) is 12.5 Å². The van der Waals surface area contributed by atoms with E-state index in [1.807, 2.05) is 37.3 Å². The van der Waals surface area contributed by atoms with Crippen molar-refractivity contribution in [3.05, 3.63) is 35.9 Å². The summed E-state index contributed by atoms with van der Waals surface area (Å²) in [4.78, 5) is 13.1. The van der Waals surface area contributed by atoms with Crippen LogP contribution in [0.5, 0.6) is 0 Å². The lowest BCUT2D eigenvalue weighted by Crippen LogP contribution is -2.35. The molecule has 15 heavy (non-hydrogen) atoms. The second kappa shape index (κ2) is 4.03. The summed E-state index contributed by atoms with van der Waals surface area (Å²) in [5.41, 5.74) is 1.06. The van der Waals surface area contributed by atoms with Crippen molar-refractivity contribution in [1.82, 2.24) is 4.90 Å². The van der Waals surface area contributed by atoms with Crippen molar-refractivity contribution in [3.63, 3.8) is 0 Å². The standard InChI is InChI=1S/C12H15NO2/c1-9(10-5-3-2-4-6-10)13-11(14)7-8-12(13)15/h2-6,9,11,14H,7-8H2,1H3/t9-,11?/m1/s1. The van der Waals surface area contributed by atoms with Crippen molar-refractivity contribution < 1.29 is 9.90 Å². The Bertz CT molecular complexity index is 350. The summed E-state index contributed by atoms with van der Waals surface area (Å²) in [7, 11) is 0. The van der Waals surface area contributed by atoms with Crippen LogP contribution in [0, 0.1) is 0 Å². The summed E-state index contributed by atoms with van der Waals surface area (Å²) in [5, 5.41) is 9.70. The summed E-state index contributed by atoms with van der Waals surface area (Å²) in [6.45, 7) is 1.95. The number of aliphatic hydroxyl groups excluding tert-OH is 1. The Balaban J connectivity index is 2.21. The molecule has 0 aliphatic carbocycles. The SMILES string of the molecule is C[C@H](c1ccccc1)N1C(=O)CCC1O. The third-order valence-corrected chi connectivity index (χ3v) is 2.92. The smallest absolute Gasteiger partial charge is 0.225 e. The molecule has 1 aromatic carbocycles. The van der Waals surface area contributed by atoms with Gasteiger partial charge >= 0.3 is 0 Å². The van der Waals surface area contributed by atoms with Gasteiger partial charge in [0, 0.05) is 12.8 Å². The summed E-state index contributed by atoms with van der Waals surface area (Å²) in [6.07, 6.45) is 0.390. The molecule has 1 saturated heterocycles. The fourth-order valence-electron chi connectivity index (χ4n) is 2.05. The van der Waals surface area contributed by atoms with Gasteiger partial charge in [-0.2, -0.15) is 0 Å². The Labute approximate surface area is 89.3 Å². The first-order valence-corrected chi connectivity index (χ1v) is 5.24. The predicted molar refractivity (Wildman–Crippen MR) is 56.9 cm³/mol. The van der Waals surface area contributed by atoms with Gasteiger partial charge in [-0.25, -0.2) is 0 Å². The van der Waals surface area contributed by atoms with Crippen molar-refractivity contribution in [3.8, 4) is 0 Å². The Morgan fingerprint density at radius 3 is 2.60 bits per heavy atom. The number of amides is 1. The Hall–Kier alpha value is -1.35. The van der Waals surface area contributed by atoms with Crippen LogP contribution in [0.15, 0.2) is 30.3 Å². The molecule has 1 amide bonds. The number of hydrogen-bond acceptors (Lipinski definition) is 2. The van der Waals surface area contributed by atoms with Crippen LogP contribution in [-0.2, 0) is 4.79 Å². The van der Waals surface area contributed by atoms with E-state index < -0.39 is 6.23 Å². The molecule has 0 bridgehead atoms. The molecule has 0 aromatic heterocycles. The predicted octanol–water partition coefficient (Wildman–Crippen LogP) is 1.69. The fourth-order valence-corrected chi connectivity index (χ4v) is 2.05. The van der Waals surface area contributed by atoms with Crippen molar-refractivity contribution in [1.29, 1.82) is 0 Å². The molecule has 2 atom stereocenters. The second-order valence-electron chi connectivity index (χ2n) is 3.91. The molecule has 1 heterocycles. The minimum absolute atomic E-state index is 0.0406. The zero-order valence-corrected chi connectivity index (χ0v) is 8.76. The lowest BCUT2D eigenvalue weighted by Gasteiger charge is -2.28. The average Bonchev–Trinajstić information content (AvgIpc) is 2.59. The largest absolute Gasteiger partial charge is 0.373 e. The number of carbonyl (C=O) groups is 1. The molecule has 1 N–H and O–H groups in total. The number of benzene rings is 1. The van der Waals surface area contributed by atoms with Gasteiger partial charge in [0.15, 0.2) is 0 Å². The van der Waals surface area contributed by atoms with E-state index in [1.54, 1.807) is 4.90 Å². The highest BCUT2D eigenvalue weighted by atomic mass is 16.3. The van der Waals surface area contributed by atoms with Crippen molar-refractivity contribution in [2.24, 2.45) is 0 Å². The summed E-state index contributed by atoms with van der Waals surface area (Å²) < 4.78 is 0. The molecule has 80 valence electrons. The van der Waals surface area contributed by atoms with Crippen LogP contribution in [0.25, 0.3) is 0 Å². The Kier molecular flexibility index (Phi) is 2.73. The van der Waals surface area contributed by atoms with Crippen molar-refractivity contribution in [2.75, 3.05) is 0 Å². The van der Waals surface area contributed by atoms with Crippen LogP contribution in [-0.4, -0.2) is 22.1 Å². The van der Waals surface area contributed by atoms with Crippen LogP contribution in [0.2, 0.25) is 0 Å². The van der Waals surface area contributed by atoms with Crippen LogP contribution < -0.4 is 0 Å². The van der Waals surface area contributed by atoms with Gasteiger partial charge in [0.05, 0.1) is 6.04 Å². The van der Waals surface area contributed by atoms with E-state index in [1.165, 1.54) is 0 Å². The number of rotatable bonds is 2. The van der Waals surface area contributed by atoms with Crippen molar-refractivity contribution in [2.45, 2.75) is 32.0 Å². The first kappa shape index (κ1) is 10.2. The molecule has 2 rings (SSSR count). The maximum atomic E-state index is 11.6. The molecule has 1 aliphatic rings. The third kappa shape index (κ3) is 1.88. The molecule has 1 fully saturated rings. The molecule has 1 aliphatic heterocycles. The van der Waals surface area contributed by atoms with E-state index in [4.69, 9.17) is 0 Å². The van der Waals surface area contributed by atoms with E-state index in [0.29, 0.717) is 12.8 Å². The number of aliphatic hydroxyl groups is 1. The number of nitrogens with zero attached hydrogens (tertiary/aromatic N) is 1. The number of likely N-dealkylation sites (tertiary alicyclic amines) is 1. The Morgan fingerprint density at radius 2 is 2.07 bits per heavy atom. The van der Waals surface area contributed by atoms with Crippen LogP contribution in [0.4, 0.5) is 0 Å².